The summed E-state index contributed by atoms with van der Waals surface area (Å²) < 4.78 is 6.50. The Kier molecular flexibility index (Phi) is 5.19. The lowest BCUT2D eigenvalue weighted by Gasteiger charge is -2.45. The van der Waals surface area contributed by atoms with E-state index in [1.165, 1.54) is 23.4 Å². The zero-order valence-electron chi connectivity index (χ0n) is 17.5. The summed E-state index contributed by atoms with van der Waals surface area (Å²) in [6, 6.07) is 1.56. The third kappa shape index (κ3) is 3.41. The molecule has 30 heavy (non-hydrogen) atoms. The van der Waals surface area contributed by atoms with Crippen molar-refractivity contribution in [1.29, 1.82) is 0 Å². The number of aromatic nitrogens is 3. The Hall–Kier alpha value is -3.00. The van der Waals surface area contributed by atoms with E-state index in [0.29, 0.717) is 17.3 Å². The second kappa shape index (κ2) is 7.68. The van der Waals surface area contributed by atoms with E-state index < -0.39 is 5.91 Å². The molecule has 0 saturated heterocycles. The first-order valence-electron chi connectivity index (χ1n) is 10.2. The number of nitrogens with one attached hydrogen (secondary N) is 1. The fourth-order valence-electron chi connectivity index (χ4n) is 4.67. The van der Waals surface area contributed by atoms with Crippen molar-refractivity contribution >= 4 is 17.5 Å². The van der Waals surface area contributed by atoms with Crippen molar-refractivity contribution in [3.8, 4) is 0 Å². The molecule has 0 radical (unpaired) electrons. The molecule has 8 heteroatoms. The standard InChI is InChI=1S/C22H27N5O3/c1-22(2)10-8-15(13-6-4-5-7-14(13)22)25-21(29)17-9-11-24-20-18(19(23)28)16(12-30-3)26-27(17)20/h4-6,9,11,14-15H,7-8,10,12H2,1-3H3,(H2,23,28)(H,25,29). The Morgan fingerprint density at radius 3 is 2.93 bits per heavy atom. The number of amides is 2. The maximum Gasteiger partial charge on any atom is 0.270 e. The van der Waals surface area contributed by atoms with Crippen LogP contribution >= 0.6 is 0 Å². The third-order valence-electron chi connectivity index (χ3n) is 6.28. The van der Waals surface area contributed by atoms with Gasteiger partial charge in [0.05, 0.1) is 12.6 Å². The molecular formula is C22H27N5O3. The van der Waals surface area contributed by atoms with Crippen LogP contribution in [0.4, 0.5) is 0 Å². The molecular weight excluding hydrogens is 382 g/mol. The van der Waals surface area contributed by atoms with E-state index in [9.17, 15) is 9.59 Å². The van der Waals surface area contributed by atoms with Crippen molar-refractivity contribution in [3.05, 3.63) is 53.0 Å². The smallest absolute Gasteiger partial charge is 0.270 e. The lowest BCUT2D eigenvalue weighted by atomic mass is 9.62. The number of primary amides is 1. The number of rotatable bonds is 5. The number of allylic oxidation sites excluding steroid dienone is 3. The van der Waals surface area contributed by atoms with E-state index in [4.69, 9.17) is 10.5 Å². The molecule has 2 aliphatic rings. The number of ether oxygens (including phenoxy) is 1. The quantitative estimate of drug-likeness (QED) is 0.788. The molecule has 2 aromatic heterocycles. The molecule has 2 unspecified atom stereocenters. The molecule has 1 saturated carbocycles. The first kappa shape index (κ1) is 20.3. The number of methoxy groups -OCH3 is 1. The maximum atomic E-state index is 13.2. The molecule has 8 nitrogen and oxygen atoms in total. The topological polar surface area (TPSA) is 112 Å². The Bertz CT molecular complexity index is 1070. The van der Waals surface area contributed by atoms with Crippen LogP contribution in [-0.2, 0) is 11.3 Å². The van der Waals surface area contributed by atoms with Crippen molar-refractivity contribution in [1.82, 2.24) is 19.9 Å². The van der Waals surface area contributed by atoms with E-state index in [-0.39, 0.29) is 35.2 Å². The van der Waals surface area contributed by atoms with Gasteiger partial charge in [0.2, 0.25) is 0 Å². The highest BCUT2D eigenvalue weighted by Crippen LogP contribution is 2.47. The second-order valence-corrected chi connectivity index (χ2v) is 8.62. The van der Waals surface area contributed by atoms with Gasteiger partial charge in [-0.1, -0.05) is 32.1 Å². The van der Waals surface area contributed by atoms with Crippen molar-refractivity contribution < 1.29 is 14.3 Å². The molecule has 0 bridgehead atoms. The van der Waals surface area contributed by atoms with Gasteiger partial charge < -0.3 is 15.8 Å². The lowest BCUT2D eigenvalue weighted by molar-refractivity contribution is 0.0903. The van der Waals surface area contributed by atoms with Gasteiger partial charge in [-0.25, -0.2) is 9.50 Å². The summed E-state index contributed by atoms with van der Waals surface area (Å²) in [4.78, 5) is 29.4. The highest BCUT2D eigenvalue weighted by atomic mass is 16.5. The van der Waals surface area contributed by atoms with Crippen LogP contribution in [0.2, 0.25) is 0 Å². The van der Waals surface area contributed by atoms with Crippen LogP contribution in [0.1, 0.15) is 59.7 Å². The van der Waals surface area contributed by atoms with Gasteiger partial charge in [-0.2, -0.15) is 5.10 Å². The van der Waals surface area contributed by atoms with Gasteiger partial charge in [0, 0.05) is 13.3 Å². The summed E-state index contributed by atoms with van der Waals surface area (Å²) in [6.07, 6.45) is 10.8. The number of hydrogen-bond acceptors (Lipinski definition) is 5. The molecule has 2 aromatic rings. The molecule has 2 heterocycles. The summed E-state index contributed by atoms with van der Waals surface area (Å²) in [5.41, 5.74) is 8.09. The predicted molar refractivity (Wildman–Crippen MR) is 112 cm³/mol. The van der Waals surface area contributed by atoms with E-state index >= 15 is 0 Å². The van der Waals surface area contributed by atoms with Crippen LogP contribution in [0.25, 0.3) is 5.65 Å². The van der Waals surface area contributed by atoms with Crippen LogP contribution in [0, 0.1) is 11.3 Å². The minimum Gasteiger partial charge on any atom is -0.378 e. The number of nitrogens with zero attached hydrogens (tertiary/aromatic N) is 3. The van der Waals surface area contributed by atoms with E-state index in [0.717, 1.165) is 19.3 Å². The summed E-state index contributed by atoms with van der Waals surface area (Å²) in [7, 11) is 1.50. The molecule has 0 spiro atoms. The molecule has 4 rings (SSSR count). The molecule has 158 valence electrons. The minimum atomic E-state index is -0.654. The van der Waals surface area contributed by atoms with Gasteiger partial charge >= 0.3 is 0 Å². The van der Waals surface area contributed by atoms with Gasteiger partial charge in [0.15, 0.2) is 5.65 Å². The first-order valence-corrected chi connectivity index (χ1v) is 10.2. The highest BCUT2D eigenvalue weighted by Gasteiger charge is 2.40. The Labute approximate surface area is 175 Å². The van der Waals surface area contributed by atoms with Crippen LogP contribution in [0.5, 0.6) is 0 Å². The number of nitrogens with two attached hydrogens (primary N) is 1. The first-order chi connectivity index (χ1) is 14.3. The average molecular weight is 409 g/mol. The molecule has 0 aromatic carbocycles. The van der Waals surface area contributed by atoms with Crippen molar-refractivity contribution in [2.45, 2.75) is 45.8 Å². The van der Waals surface area contributed by atoms with Gasteiger partial charge in [-0.05, 0) is 42.2 Å². The van der Waals surface area contributed by atoms with Crippen LogP contribution in [0.3, 0.4) is 0 Å². The summed E-state index contributed by atoms with van der Waals surface area (Å²) in [5.74, 6) is -0.499. The Morgan fingerprint density at radius 2 is 2.20 bits per heavy atom. The SMILES string of the molecule is COCc1nn2c(C(=O)NC3CCC(C)(C)C4CC=CC=C34)ccnc2c1C(N)=O. The van der Waals surface area contributed by atoms with Gasteiger partial charge in [0.1, 0.15) is 17.0 Å². The van der Waals surface area contributed by atoms with Crippen molar-refractivity contribution in [2.24, 2.45) is 17.1 Å². The number of carbonyl (C=O) groups is 2. The Morgan fingerprint density at radius 1 is 1.40 bits per heavy atom. The zero-order chi connectivity index (χ0) is 21.5. The molecule has 3 N–H and O–H groups in total. The monoisotopic (exact) mass is 409 g/mol. The summed E-state index contributed by atoms with van der Waals surface area (Å²) in [5, 5.41) is 7.56. The Balaban J connectivity index is 1.67. The summed E-state index contributed by atoms with van der Waals surface area (Å²) >= 11 is 0. The van der Waals surface area contributed by atoms with Crippen LogP contribution in [0.15, 0.2) is 36.1 Å². The normalized spacial score (nSPS) is 22.4. The van der Waals surface area contributed by atoms with Crippen LogP contribution < -0.4 is 11.1 Å². The average Bonchev–Trinajstić information content (AvgIpc) is 3.09. The largest absolute Gasteiger partial charge is 0.378 e. The molecule has 2 amide bonds. The third-order valence-corrected chi connectivity index (χ3v) is 6.28. The second-order valence-electron chi connectivity index (χ2n) is 8.62. The maximum absolute atomic E-state index is 13.2. The van der Waals surface area contributed by atoms with E-state index in [2.05, 4.69) is 47.5 Å². The number of carbonyl (C=O) groups excluding carboxylic acids is 2. The fraction of sp³-hybridized carbons (Fsp3) is 0.455. The lowest BCUT2D eigenvalue weighted by Crippen LogP contribution is -2.46. The summed E-state index contributed by atoms with van der Waals surface area (Å²) in [6.45, 7) is 4.68. The molecule has 0 aliphatic heterocycles. The molecule has 2 atom stereocenters. The van der Waals surface area contributed by atoms with E-state index in [1.54, 1.807) is 6.07 Å². The highest BCUT2D eigenvalue weighted by molar-refractivity contribution is 6.01. The number of hydrogen-bond donors (Lipinski definition) is 2. The van der Waals surface area contributed by atoms with E-state index in [1.807, 2.05) is 0 Å². The molecule has 2 aliphatic carbocycles. The molecule has 1 fully saturated rings. The van der Waals surface area contributed by atoms with Crippen molar-refractivity contribution in [3.63, 3.8) is 0 Å². The number of fused-ring (bicyclic) bond motifs is 2. The zero-order valence-corrected chi connectivity index (χ0v) is 17.5. The minimum absolute atomic E-state index is 0.0340. The van der Waals surface area contributed by atoms with Crippen LogP contribution in [-0.4, -0.2) is 39.6 Å². The predicted octanol–water partition coefficient (Wildman–Crippen LogP) is 2.40. The fourth-order valence-corrected chi connectivity index (χ4v) is 4.67. The van der Waals surface area contributed by atoms with Gasteiger partial charge in [0.25, 0.3) is 11.8 Å². The van der Waals surface area contributed by atoms with Gasteiger partial charge in [-0.15, -0.1) is 0 Å². The van der Waals surface area contributed by atoms with Crippen molar-refractivity contribution in [2.75, 3.05) is 7.11 Å². The van der Waals surface area contributed by atoms with Gasteiger partial charge in [-0.3, -0.25) is 9.59 Å².